The first kappa shape index (κ1) is 20.4. The predicted octanol–water partition coefficient (Wildman–Crippen LogP) is 1.03. The molecule has 142 valence electrons. The highest BCUT2D eigenvalue weighted by Gasteiger charge is 2.30. The summed E-state index contributed by atoms with van der Waals surface area (Å²) in [6.07, 6.45) is 0. The molecule has 1 N–H and O–H groups in total. The van der Waals surface area contributed by atoms with Gasteiger partial charge in [-0.1, -0.05) is 26.0 Å². The fourth-order valence-corrected chi connectivity index (χ4v) is 4.28. The number of hydrogen-bond donors (Lipinski definition) is 1. The molecule has 1 aromatic rings. The number of sulfonamides is 1. The maximum Gasteiger partial charge on any atom is 0.244 e. The van der Waals surface area contributed by atoms with E-state index >= 15 is 0 Å². The molecule has 0 bridgehead atoms. The van der Waals surface area contributed by atoms with E-state index in [4.69, 9.17) is 5.26 Å². The third-order valence-corrected chi connectivity index (χ3v) is 6.67. The van der Waals surface area contributed by atoms with Crippen LogP contribution in [-0.4, -0.2) is 62.3 Å². The summed E-state index contributed by atoms with van der Waals surface area (Å²) in [6.45, 7) is 7.90. The van der Waals surface area contributed by atoms with Crippen molar-refractivity contribution in [2.45, 2.75) is 31.7 Å². The second-order valence-corrected chi connectivity index (χ2v) is 8.79. The largest absolute Gasteiger partial charge is 0.352 e. The Hall–Kier alpha value is -1.95. The number of piperazine rings is 1. The number of nitrogens with one attached hydrogen (secondary N) is 1. The molecule has 0 saturated carbocycles. The third-order valence-electron chi connectivity index (χ3n) is 4.71. The molecule has 1 aliphatic rings. The van der Waals surface area contributed by atoms with Crippen molar-refractivity contribution in [3.05, 3.63) is 29.8 Å². The highest BCUT2D eigenvalue weighted by atomic mass is 32.2. The van der Waals surface area contributed by atoms with Crippen LogP contribution in [0.4, 0.5) is 0 Å². The van der Waals surface area contributed by atoms with Crippen LogP contribution in [0.1, 0.15) is 26.3 Å². The van der Waals surface area contributed by atoms with Crippen molar-refractivity contribution in [3.63, 3.8) is 0 Å². The van der Waals surface area contributed by atoms with Gasteiger partial charge in [0, 0.05) is 32.2 Å². The maximum absolute atomic E-state index is 12.8. The van der Waals surface area contributed by atoms with E-state index in [1.54, 1.807) is 12.1 Å². The zero-order chi connectivity index (χ0) is 19.3. The first-order valence-electron chi connectivity index (χ1n) is 8.76. The Balaban J connectivity index is 1.96. The minimum absolute atomic E-state index is 0.0412. The van der Waals surface area contributed by atoms with Crippen LogP contribution < -0.4 is 5.32 Å². The molecule has 1 fully saturated rings. The van der Waals surface area contributed by atoms with Gasteiger partial charge in [0.2, 0.25) is 15.9 Å². The highest BCUT2D eigenvalue weighted by Crippen LogP contribution is 2.21. The quantitative estimate of drug-likeness (QED) is 0.798. The van der Waals surface area contributed by atoms with E-state index in [2.05, 4.69) is 5.32 Å². The van der Waals surface area contributed by atoms with Crippen LogP contribution in [0.3, 0.4) is 0 Å². The summed E-state index contributed by atoms with van der Waals surface area (Å²) >= 11 is 0. The minimum atomic E-state index is -3.70. The van der Waals surface area contributed by atoms with Gasteiger partial charge >= 0.3 is 0 Å². The Morgan fingerprint density at radius 1 is 1.19 bits per heavy atom. The summed E-state index contributed by atoms with van der Waals surface area (Å²) in [4.78, 5) is 14.1. The van der Waals surface area contributed by atoms with Gasteiger partial charge in [0.15, 0.2) is 0 Å². The average molecular weight is 378 g/mol. The van der Waals surface area contributed by atoms with Crippen molar-refractivity contribution in [3.8, 4) is 6.07 Å². The molecule has 0 aromatic heterocycles. The molecule has 1 aliphatic heterocycles. The molecular weight excluding hydrogens is 352 g/mol. The van der Waals surface area contributed by atoms with Crippen LogP contribution in [0.15, 0.2) is 29.2 Å². The zero-order valence-electron chi connectivity index (χ0n) is 15.5. The fraction of sp³-hybridized carbons (Fsp3) is 0.556. The molecule has 0 spiro atoms. The Morgan fingerprint density at radius 2 is 1.81 bits per heavy atom. The van der Waals surface area contributed by atoms with Gasteiger partial charge in [0.1, 0.15) is 6.07 Å². The van der Waals surface area contributed by atoms with Gasteiger partial charge in [-0.2, -0.15) is 9.57 Å². The molecule has 0 unspecified atom stereocenters. The van der Waals surface area contributed by atoms with Gasteiger partial charge in [-0.25, -0.2) is 8.42 Å². The van der Waals surface area contributed by atoms with E-state index in [0.717, 1.165) is 0 Å². The lowest BCUT2D eigenvalue weighted by Crippen LogP contribution is -2.52. The molecule has 0 radical (unpaired) electrons. The molecule has 1 aromatic carbocycles. The molecular formula is C18H26N4O3S. The van der Waals surface area contributed by atoms with Crippen molar-refractivity contribution in [1.29, 1.82) is 5.26 Å². The van der Waals surface area contributed by atoms with Crippen molar-refractivity contribution < 1.29 is 13.2 Å². The zero-order valence-corrected chi connectivity index (χ0v) is 16.3. The fourth-order valence-electron chi connectivity index (χ4n) is 2.72. The van der Waals surface area contributed by atoms with E-state index in [-0.39, 0.29) is 29.0 Å². The number of nitrogens with zero attached hydrogens (tertiary/aromatic N) is 3. The average Bonchev–Trinajstić information content (AvgIpc) is 2.61. The molecule has 1 atom stereocenters. The second-order valence-electron chi connectivity index (χ2n) is 6.89. The van der Waals surface area contributed by atoms with E-state index in [1.807, 2.05) is 31.7 Å². The summed E-state index contributed by atoms with van der Waals surface area (Å²) in [6, 6.07) is 8.26. The van der Waals surface area contributed by atoms with Crippen molar-refractivity contribution >= 4 is 15.9 Å². The van der Waals surface area contributed by atoms with Gasteiger partial charge in [0.25, 0.3) is 0 Å². The molecule has 1 heterocycles. The predicted molar refractivity (Wildman–Crippen MR) is 98.8 cm³/mol. The summed E-state index contributed by atoms with van der Waals surface area (Å²) in [5.41, 5.74) is 0.150. The smallest absolute Gasteiger partial charge is 0.244 e. The lowest BCUT2D eigenvalue weighted by Gasteiger charge is -2.34. The van der Waals surface area contributed by atoms with Gasteiger partial charge in [-0.3, -0.25) is 9.69 Å². The summed E-state index contributed by atoms with van der Waals surface area (Å²) in [5.74, 6) is 0.318. The molecule has 26 heavy (non-hydrogen) atoms. The van der Waals surface area contributed by atoms with Gasteiger partial charge in [0.05, 0.1) is 17.0 Å². The SMILES string of the molecule is CC(C)[C@H](C)NC(=O)CN1CCN(S(=O)(=O)c2ccccc2C#N)CC1. The number of benzene rings is 1. The van der Waals surface area contributed by atoms with Crippen LogP contribution in [0.25, 0.3) is 0 Å². The number of carbonyl (C=O) groups excluding carboxylic acids is 1. The first-order valence-corrected chi connectivity index (χ1v) is 10.2. The van der Waals surface area contributed by atoms with Crippen molar-refractivity contribution in [2.75, 3.05) is 32.7 Å². The normalized spacial score (nSPS) is 17.7. The Kier molecular flexibility index (Phi) is 6.75. The molecule has 0 aliphatic carbocycles. The lowest BCUT2D eigenvalue weighted by molar-refractivity contribution is -0.123. The first-order chi connectivity index (χ1) is 12.3. The molecule has 1 saturated heterocycles. The van der Waals surface area contributed by atoms with Gasteiger partial charge in [-0.05, 0) is 25.0 Å². The Labute approximate surface area is 155 Å². The van der Waals surface area contributed by atoms with E-state index in [9.17, 15) is 13.2 Å². The van der Waals surface area contributed by atoms with Crippen molar-refractivity contribution in [1.82, 2.24) is 14.5 Å². The Bertz CT molecular complexity index is 778. The molecule has 8 heteroatoms. The molecule has 2 rings (SSSR count). The number of hydrogen-bond acceptors (Lipinski definition) is 5. The number of carbonyl (C=O) groups is 1. The number of amides is 1. The highest BCUT2D eigenvalue weighted by molar-refractivity contribution is 7.89. The van der Waals surface area contributed by atoms with Crippen LogP contribution in [-0.2, 0) is 14.8 Å². The van der Waals surface area contributed by atoms with Crippen LogP contribution in [0, 0.1) is 17.2 Å². The summed E-state index contributed by atoms with van der Waals surface area (Å²) < 4.78 is 27.0. The van der Waals surface area contributed by atoms with Crippen LogP contribution in [0.2, 0.25) is 0 Å². The lowest BCUT2D eigenvalue weighted by atomic mass is 10.1. The molecule has 7 nitrogen and oxygen atoms in total. The topological polar surface area (TPSA) is 93.5 Å². The van der Waals surface area contributed by atoms with Crippen LogP contribution in [0.5, 0.6) is 0 Å². The van der Waals surface area contributed by atoms with Crippen molar-refractivity contribution in [2.24, 2.45) is 5.92 Å². The van der Waals surface area contributed by atoms with Crippen LogP contribution >= 0.6 is 0 Å². The molecule has 1 amide bonds. The summed E-state index contributed by atoms with van der Waals surface area (Å²) in [5, 5.41) is 12.1. The third kappa shape index (κ3) is 4.81. The number of rotatable bonds is 6. The second kappa shape index (κ2) is 8.62. The summed E-state index contributed by atoms with van der Waals surface area (Å²) in [7, 11) is -3.70. The van der Waals surface area contributed by atoms with E-state index in [1.165, 1.54) is 16.4 Å². The monoisotopic (exact) mass is 378 g/mol. The maximum atomic E-state index is 12.8. The van der Waals surface area contributed by atoms with Gasteiger partial charge < -0.3 is 5.32 Å². The van der Waals surface area contributed by atoms with E-state index in [0.29, 0.717) is 32.1 Å². The minimum Gasteiger partial charge on any atom is -0.352 e. The van der Waals surface area contributed by atoms with Gasteiger partial charge in [-0.15, -0.1) is 0 Å². The standard InChI is InChI=1S/C18H26N4O3S/c1-14(2)15(3)20-18(23)13-21-8-10-22(11-9-21)26(24,25)17-7-5-4-6-16(17)12-19/h4-7,14-15H,8-11,13H2,1-3H3,(H,20,23)/t15-/m0/s1. The number of nitriles is 1. The van der Waals surface area contributed by atoms with E-state index < -0.39 is 10.0 Å². The Morgan fingerprint density at radius 3 is 2.38 bits per heavy atom.